The fraction of sp³-hybridized carbons (Fsp3) is 0.727. The number of aromatic nitrogens is 1. The molecule has 0 radical (unpaired) electrons. The van der Waals surface area contributed by atoms with Crippen LogP contribution in [0.3, 0.4) is 0 Å². The van der Waals surface area contributed by atoms with E-state index >= 15 is 0 Å². The summed E-state index contributed by atoms with van der Waals surface area (Å²) in [7, 11) is 0. The second kappa shape index (κ2) is 4.89. The van der Waals surface area contributed by atoms with Crippen LogP contribution in [0.5, 0.6) is 0 Å². The Morgan fingerprint density at radius 3 is 2.79 bits per heavy atom. The number of rotatable bonds is 5. The second-order valence-corrected chi connectivity index (χ2v) is 5.19. The van der Waals surface area contributed by atoms with Gasteiger partial charge in [0.15, 0.2) is 0 Å². The van der Waals surface area contributed by atoms with Crippen molar-refractivity contribution in [2.45, 2.75) is 52.1 Å². The van der Waals surface area contributed by atoms with Gasteiger partial charge in [0, 0.05) is 17.6 Å². The van der Waals surface area contributed by atoms with Crippen LogP contribution >= 0.6 is 11.3 Å². The molecule has 0 bridgehead atoms. The molecule has 0 aliphatic heterocycles. The third-order valence-electron chi connectivity index (χ3n) is 2.30. The standard InChI is InChI=1S/C11H20N2S/c1-5-6-9(2)13-11(3,4)10-12-7-8-14-10/h7-9,13H,5-6H2,1-4H3. The molecule has 1 rings (SSSR count). The van der Waals surface area contributed by atoms with Crippen molar-refractivity contribution in [3.05, 3.63) is 16.6 Å². The Kier molecular flexibility index (Phi) is 4.08. The highest BCUT2D eigenvalue weighted by Gasteiger charge is 2.24. The lowest BCUT2D eigenvalue weighted by atomic mass is 10.0. The number of hydrogen-bond donors (Lipinski definition) is 1. The van der Waals surface area contributed by atoms with E-state index in [-0.39, 0.29) is 5.54 Å². The molecule has 0 saturated carbocycles. The van der Waals surface area contributed by atoms with E-state index in [4.69, 9.17) is 0 Å². The van der Waals surface area contributed by atoms with Crippen molar-refractivity contribution in [2.24, 2.45) is 0 Å². The van der Waals surface area contributed by atoms with Crippen molar-refractivity contribution in [3.8, 4) is 0 Å². The molecule has 14 heavy (non-hydrogen) atoms. The van der Waals surface area contributed by atoms with E-state index in [2.05, 4.69) is 38.0 Å². The maximum Gasteiger partial charge on any atom is 0.112 e. The third-order valence-corrected chi connectivity index (χ3v) is 3.39. The van der Waals surface area contributed by atoms with E-state index in [1.807, 2.05) is 11.6 Å². The molecule has 1 aromatic rings. The molecule has 2 nitrogen and oxygen atoms in total. The van der Waals surface area contributed by atoms with Gasteiger partial charge < -0.3 is 5.32 Å². The van der Waals surface area contributed by atoms with Gasteiger partial charge in [0.1, 0.15) is 5.01 Å². The minimum atomic E-state index is 0.00273. The van der Waals surface area contributed by atoms with Gasteiger partial charge in [0.25, 0.3) is 0 Å². The molecule has 1 heterocycles. The summed E-state index contributed by atoms with van der Waals surface area (Å²) in [4.78, 5) is 4.36. The van der Waals surface area contributed by atoms with Crippen LogP contribution in [0.1, 0.15) is 45.5 Å². The summed E-state index contributed by atoms with van der Waals surface area (Å²) in [5.74, 6) is 0. The van der Waals surface area contributed by atoms with Crippen molar-refractivity contribution in [3.63, 3.8) is 0 Å². The quantitative estimate of drug-likeness (QED) is 0.811. The summed E-state index contributed by atoms with van der Waals surface area (Å²) >= 11 is 1.72. The van der Waals surface area contributed by atoms with E-state index in [0.29, 0.717) is 6.04 Å². The lowest BCUT2D eigenvalue weighted by Crippen LogP contribution is -2.42. The molecule has 3 heteroatoms. The Morgan fingerprint density at radius 1 is 1.57 bits per heavy atom. The largest absolute Gasteiger partial charge is 0.303 e. The molecule has 1 atom stereocenters. The SMILES string of the molecule is CCCC(C)NC(C)(C)c1nccs1. The highest BCUT2D eigenvalue weighted by Crippen LogP contribution is 2.23. The van der Waals surface area contributed by atoms with Crippen molar-refractivity contribution in [1.82, 2.24) is 10.3 Å². The van der Waals surface area contributed by atoms with Gasteiger partial charge >= 0.3 is 0 Å². The zero-order chi connectivity index (χ0) is 10.6. The van der Waals surface area contributed by atoms with Crippen LogP contribution in [0.25, 0.3) is 0 Å². The van der Waals surface area contributed by atoms with Crippen LogP contribution in [0, 0.1) is 0 Å². The normalized spacial score (nSPS) is 14.3. The minimum Gasteiger partial charge on any atom is -0.303 e. The monoisotopic (exact) mass is 212 g/mol. The average molecular weight is 212 g/mol. The third kappa shape index (κ3) is 3.07. The Hall–Kier alpha value is -0.410. The predicted octanol–water partition coefficient (Wildman–Crippen LogP) is 3.16. The predicted molar refractivity (Wildman–Crippen MR) is 62.6 cm³/mol. The zero-order valence-electron chi connectivity index (χ0n) is 9.50. The molecular weight excluding hydrogens is 192 g/mol. The van der Waals surface area contributed by atoms with E-state index in [1.165, 1.54) is 17.8 Å². The van der Waals surface area contributed by atoms with Gasteiger partial charge in [-0.05, 0) is 27.2 Å². The van der Waals surface area contributed by atoms with E-state index < -0.39 is 0 Å². The Labute approximate surface area is 90.8 Å². The van der Waals surface area contributed by atoms with Gasteiger partial charge in [-0.3, -0.25) is 0 Å². The van der Waals surface area contributed by atoms with Gasteiger partial charge in [-0.2, -0.15) is 0 Å². The molecule has 0 aliphatic carbocycles. The highest BCUT2D eigenvalue weighted by molar-refractivity contribution is 7.09. The molecule has 0 saturated heterocycles. The topological polar surface area (TPSA) is 24.9 Å². The van der Waals surface area contributed by atoms with E-state index in [9.17, 15) is 0 Å². The summed E-state index contributed by atoms with van der Waals surface area (Å²) in [6.45, 7) is 8.84. The fourth-order valence-electron chi connectivity index (χ4n) is 1.72. The smallest absolute Gasteiger partial charge is 0.112 e. The Bertz CT molecular complexity index is 254. The second-order valence-electron chi connectivity index (χ2n) is 4.30. The van der Waals surface area contributed by atoms with E-state index in [0.717, 1.165) is 0 Å². The molecule has 0 aromatic carbocycles. The first kappa shape index (κ1) is 11.7. The summed E-state index contributed by atoms with van der Waals surface area (Å²) in [5.41, 5.74) is 0.00273. The number of nitrogens with one attached hydrogen (secondary N) is 1. The zero-order valence-corrected chi connectivity index (χ0v) is 10.3. The minimum absolute atomic E-state index is 0.00273. The molecule has 1 N–H and O–H groups in total. The molecule has 0 amide bonds. The summed E-state index contributed by atoms with van der Waals surface area (Å²) < 4.78 is 0. The van der Waals surface area contributed by atoms with Crippen LogP contribution < -0.4 is 5.32 Å². The van der Waals surface area contributed by atoms with Crippen molar-refractivity contribution < 1.29 is 0 Å². The van der Waals surface area contributed by atoms with Crippen molar-refractivity contribution in [1.29, 1.82) is 0 Å². The van der Waals surface area contributed by atoms with Crippen LogP contribution in [-0.4, -0.2) is 11.0 Å². The van der Waals surface area contributed by atoms with Gasteiger partial charge in [-0.25, -0.2) is 4.98 Å². The first-order chi connectivity index (χ1) is 6.56. The van der Waals surface area contributed by atoms with Crippen LogP contribution in [-0.2, 0) is 5.54 Å². The molecule has 1 aromatic heterocycles. The molecule has 1 unspecified atom stereocenters. The maximum absolute atomic E-state index is 4.36. The Balaban J connectivity index is 2.58. The fourth-order valence-corrected chi connectivity index (χ4v) is 2.44. The molecule has 80 valence electrons. The number of nitrogens with zero attached hydrogens (tertiary/aromatic N) is 1. The van der Waals surface area contributed by atoms with Gasteiger partial charge in [0.2, 0.25) is 0 Å². The molecular formula is C11H20N2S. The summed E-state index contributed by atoms with van der Waals surface area (Å²) in [5, 5.41) is 6.81. The number of hydrogen-bond acceptors (Lipinski definition) is 3. The van der Waals surface area contributed by atoms with E-state index in [1.54, 1.807) is 11.3 Å². The molecule has 0 aliphatic rings. The van der Waals surface area contributed by atoms with Crippen LogP contribution in [0.15, 0.2) is 11.6 Å². The summed E-state index contributed by atoms with van der Waals surface area (Å²) in [6.07, 6.45) is 4.31. The van der Waals surface area contributed by atoms with Crippen LogP contribution in [0.4, 0.5) is 0 Å². The van der Waals surface area contributed by atoms with Gasteiger partial charge in [0.05, 0.1) is 5.54 Å². The van der Waals surface area contributed by atoms with Crippen molar-refractivity contribution in [2.75, 3.05) is 0 Å². The number of thiazole rings is 1. The van der Waals surface area contributed by atoms with Gasteiger partial charge in [-0.15, -0.1) is 11.3 Å². The first-order valence-electron chi connectivity index (χ1n) is 5.24. The molecule has 0 fully saturated rings. The highest BCUT2D eigenvalue weighted by atomic mass is 32.1. The molecule has 0 spiro atoms. The lowest BCUT2D eigenvalue weighted by Gasteiger charge is -2.28. The van der Waals surface area contributed by atoms with Crippen molar-refractivity contribution >= 4 is 11.3 Å². The van der Waals surface area contributed by atoms with Gasteiger partial charge in [-0.1, -0.05) is 13.3 Å². The average Bonchev–Trinajstić information content (AvgIpc) is 2.54. The Morgan fingerprint density at radius 2 is 2.29 bits per heavy atom. The summed E-state index contributed by atoms with van der Waals surface area (Å²) in [6, 6.07) is 0.555. The maximum atomic E-state index is 4.36. The first-order valence-corrected chi connectivity index (χ1v) is 6.12. The lowest BCUT2D eigenvalue weighted by molar-refractivity contribution is 0.339. The van der Waals surface area contributed by atoms with Crippen LogP contribution in [0.2, 0.25) is 0 Å².